The van der Waals surface area contributed by atoms with Crippen molar-refractivity contribution in [1.82, 2.24) is 0 Å². The van der Waals surface area contributed by atoms with Gasteiger partial charge in [0.15, 0.2) is 0 Å². The van der Waals surface area contributed by atoms with E-state index >= 15 is 0 Å². The average Bonchev–Trinajstić information content (AvgIpc) is 3.41. The molecule has 0 saturated carbocycles. The van der Waals surface area contributed by atoms with Gasteiger partial charge in [-0.1, -0.05) is 12.1 Å². The van der Waals surface area contributed by atoms with Crippen LogP contribution in [0.4, 0.5) is 0 Å². The Balaban J connectivity index is 1.81. The summed E-state index contributed by atoms with van der Waals surface area (Å²) in [5.74, 6) is 0. The van der Waals surface area contributed by atoms with E-state index in [2.05, 4.69) is 119 Å². The van der Waals surface area contributed by atoms with E-state index in [1.54, 1.807) is 0 Å². The molecule has 2 aromatic carbocycles. The third-order valence-electron chi connectivity index (χ3n) is 8.95. The summed E-state index contributed by atoms with van der Waals surface area (Å²) in [6.45, 7) is 17.9. The third kappa shape index (κ3) is 9.42. The molecular weight excluding hydrogens is 623 g/mol. The maximum absolute atomic E-state index is 7.20. The molecule has 1 aliphatic rings. The molecule has 1 heterocycles. The molecule has 0 aliphatic carbocycles. The van der Waals surface area contributed by atoms with Crippen molar-refractivity contribution in [2.75, 3.05) is 13.2 Å². The van der Waals surface area contributed by atoms with Crippen LogP contribution in [0.3, 0.4) is 0 Å². The van der Waals surface area contributed by atoms with Crippen molar-refractivity contribution >= 4 is 37.1 Å². The predicted molar refractivity (Wildman–Crippen MR) is 185 cm³/mol. The van der Waals surface area contributed by atoms with Gasteiger partial charge < -0.3 is 0 Å². The third-order valence-corrected chi connectivity index (χ3v) is 28.6. The molecule has 0 bridgehead atoms. The molecule has 0 N–H and O–H groups in total. The molecule has 1 saturated heterocycles. The van der Waals surface area contributed by atoms with Gasteiger partial charge in [-0.2, -0.15) is 0 Å². The molecule has 0 aromatic heterocycles. The molecule has 4 heteroatoms. The van der Waals surface area contributed by atoms with Crippen molar-refractivity contribution in [3.63, 3.8) is 0 Å². The summed E-state index contributed by atoms with van der Waals surface area (Å²) >= 11 is -2.31. The van der Waals surface area contributed by atoms with E-state index in [1.165, 1.54) is 73.4 Å². The fourth-order valence-electron chi connectivity index (χ4n) is 6.85. The van der Waals surface area contributed by atoms with Gasteiger partial charge in [0, 0.05) is 0 Å². The van der Waals surface area contributed by atoms with Gasteiger partial charge in [0.05, 0.1) is 0 Å². The number of hydrogen-bond donors (Lipinski definition) is 0. The van der Waals surface area contributed by atoms with Crippen LogP contribution in [0.25, 0.3) is 0 Å². The van der Waals surface area contributed by atoms with Gasteiger partial charge in [0.25, 0.3) is 0 Å². The molecule has 2 aromatic rings. The predicted octanol–water partition coefficient (Wildman–Crippen LogP) is 9.61. The number of allylic oxidation sites excluding steroid dienone is 2. The summed E-state index contributed by atoms with van der Waals surface area (Å²) in [7, 11) is -2.54. The zero-order valence-corrected chi connectivity index (χ0v) is 31.2. The SMILES string of the molecule is CCC[CH2][Sn](/[CH]=C(C)/C=C1\CO[C@@H](CO[Si](c2ccccc2)(c2ccccc2)C(C)(C)C)C1)([CH2]CCC)[CH2]CCC. The van der Waals surface area contributed by atoms with Crippen LogP contribution >= 0.6 is 0 Å². The van der Waals surface area contributed by atoms with E-state index < -0.39 is 26.7 Å². The zero-order chi connectivity index (χ0) is 29.8. The van der Waals surface area contributed by atoms with Crippen molar-refractivity contribution in [3.05, 3.63) is 82.0 Å². The first kappa shape index (κ1) is 34.3. The van der Waals surface area contributed by atoms with Crippen LogP contribution in [0.5, 0.6) is 0 Å². The van der Waals surface area contributed by atoms with Crippen LogP contribution in [0.1, 0.15) is 93.4 Å². The molecule has 0 radical (unpaired) electrons. The van der Waals surface area contributed by atoms with E-state index in [0.717, 1.165) is 13.0 Å². The van der Waals surface area contributed by atoms with Gasteiger partial charge in [-0.3, -0.25) is 0 Å². The first-order chi connectivity index (χ1) is 19.7. The minimum absolute atomic E-state index is 0.0158. The van der Waals surface area contributed by atoms with Gasteiger partial charge in [0.2, 0.25) is 0 Å². The molecule has 0 spiro atoms. The number of ether oxygens (including phenoxy) is 1. The van der Waals surface area contributed by atoms with E-state index in [4.69, 9.17) is 9.16 Å². The first-order valence-electron chi connectivity index (χ1n) is 16.4. The molecule has 1 aliphatic heterocycles. The number of benzene rings is 2. The fraction of sp³-hybridized carbons (Fsp3) is 0.568. The molecular formula is C37H58O2SiSn. The van der Waals surface area contributed by atoms with Crippen LogP contribution in [0.15, 0.2) is 82.0 Å². The molecule has 1 atom stereocenters. The quantitative estimate of drug-likeness (QED) is 0.164. The van der Waals surface area contributed by atoms with Crippen molar-refractivity contribution < 1.29 is 9.16 Å². The first-order valence-corrected chi connectivity index (χ1v) is 26.1. The monoisotopic (exact) mass is 682 g/mol. The second-order valence-electron chi connectivity index (χ2n) is 13.5. The number of hydrogen-bond acceptors (Lipinski definition) is 2. The van der Waals surface area contributed by atoms with Crippen LogP contribution in [0.2, 0.25) is 18.3 Å². The standard InChI is InChI=1S/C25H31O2Si.3C4H9.Sn/c1-20(2)16-21-17-22(26-18-21)19-27-28(25(3,4)5,23-12-8-6-9-13-23)24-14-10-7-11-15-24;3*1-3-4-2;/h1,6-16,22H,17-19H2,2-5H3;3*1,3-4H2,2H3;/b20-1?,21-16-;;;;/t22-;;;;/m1..../s1. The average molecular weight is 682 g/mol. The Morgan fingerprint density at radius 3 is 1.78 bits per heavy atom. The summed E-state index contributed by atoms with van der Waals surface area (Å²) in [5.41, 5.74) is 2.95. The van der Waals surface area contributed by atoms with Gasteiger partial charge in [-0.05, 0) is 0 Å². The van der Waals surface area contributed by atoms with Crippen molar-refractivity contribution in [1.29, 1.82) is 0 Å². The van der Waals surface area contributed by atoms with Crippen LogP contribution in [0, 0.1) is 0 Å². The molecule has 226 valence electrons. The Hall–Kier alpha value is -1.14. The number of unbranched alkanes of at least 4 members (excludes halogenated alkanes) is 3. The van der Waals surface area contributed by atoms with Crippen molar-refractivity contribution in [3.8, 4) is 0 Å². The molecule has 41 heavy (non-hydrogen) atoms. The zero-order valence-electron chi connectivity index (χ0n) is 27.3. The number of rotatable bonds is 16. The summed E-state index contributed by atoms with van der Waals surface area (Å²) < 4.78 is 21.0. The van der Waals surface area contributed by atoms with E-state index in [0.29, 0.717) is 6.61 Å². The van der Waals surface area contributed by atoms with Gasteiger partial charge >= 0.3 is 247 Å². The summed E-state index contributed by atoms with van der Waals surface area (Å²) in [4.78, 5) is 0. The Labute approximate surface area is 258 Å². The Morgan fingerprint density at radius 2 is 1.34 bits per heavy atom. The van der Waals surface area contributed by atoms with E-state index in [-0.39, 0.29) is 11.1 Å². The fourth-order valence-corrected chi connectivity index (χ4v) is 26.9. The van der Waals surface area contributed by atoms with Crippen molar-refractivity contribution in [2.24, 2.45) is 0 Å². The Bertz CT molecular complexity index is 1030. The molecule has 1 fully saturated rings. The molecule has 0 unspecified atom stereocenters. The van der Waals surface area contributed by atoms with Crippen LogP contribution in [-0.2, 0) is 9.16 Å². The summed E-state index contributed by atoms with van der Waals surface area (Å²) in [6, 6.07) is 21.9. The molecule has 0 amide bonds. The normalized spacial score (nSPS) is 17.9. The Kier molecular flexibility index (Phi) is 13.9. The topological polar surface area (TPSA) is 18.5 Å². The van der Waals surface area contributed by atoms with Gasteiger partial charge in [-0.15, -0.1) is 0 Å². The summed E-state index contributed by atoms with van der Waals surface area (Å²) in [6.07, 6.45) is 11.8. The van der Waals surface area contributed by atoms with E-state index in [1.807, 2.05) is 0 Å². The minimum atomic E-state index is -2.54. The Morgan fingerprint density at radius 1 is 0.854 bits per heavy atom. The van der Waals surface area contributed by atoms with E-state index in [9.17, 15) is 0 Å². The van der Waals surface area contributed by atoms with Gasteiger partial charge in [0.1, 0.15) is 0 Å². The second kappa shape index (κ2) is 16.6. The van der Waals surface area contributed by atoms with Gasteiger partial charge in [-0.25, -0.2) is 0 Å². The molecule has 2 nitrogen and oxygen atoms in total. The molecule has 3 rings (SSSR count). The van der Waals surface area contributed by atoms with Crippen molar-refractivity contribution in [2.45, 2.75) is 118 Å². The van der Waals surface area contributed by atoms with Crippen LogP contribution < -0.4 is 10.4 Å². The summed E-state index contributed by atoms with van der Waals surface area (Å²) in [5, 5.41) is 2.65. The maximum atomic E-state index is 7.20. The second-order valence-corrected chi connectivity index (χ2v) is 30.7. The van der Waals surface area contributed by atoms with Crippen LogP contribution in [-0.4, -0.2) is 46.0 Å².